The average molecular weight is 386 g/mol. The van der Waals surface area contributed by atoms with Crippen LogP contribution in [0.2, 0.25) is 0 Å². The second-order valence-electron chi connectivity index (χ2n) is 5.87. The third-order valence-corrected chi connectivity index (χ3v) is 6.05. The molecule has 0 bridgehead atoms. The number of hydrogen-bond acceptors (Lipinski definition) is 6. The van der Waals surface area contributed by atoms with Gasteiger partial charge in [0.25, 0.3) is 0 Å². The van der Waals surface area contributed by atoms with Gasteiger partial charge < -0.3 is 15.0 Å². The Hall–Kier alpha value is -2.25. The number of hydrogen-bond donors (Lipinski definition) is 1. The minimum absolute atomic E-state index is 0.0456. The predicted octanol–water partition coefficient (Wildman–Crippen LogP) is 4.25. The van der Waals surface area contributed by atoms with Gasteiger partial charge in [-0.25, -0.2) is 4.98 Å². The fourth-order valence-corrected chi connectivity index (χ4v) is 4.90. The van der Waals surface area contributed by atoms with Crippen molar-refractivity contribution < 1.29 is 9.53 Å². The van der Waals surface area contributed by atoms with E-state index in [0.717, 1.165) is 34.0 Å². The first-order chi connectivity index (χ1) is 12.7. The van der Waals surface area contributed by atoms with Crippen molar-refractivity contribution in [2.45, 2.75) is 11.8 Å². The first-order valence-electron chi connectivity index (χ1n) is 8.53. The molecule has 1 aromatic heterocycles. The molecule has 1 amide bonds. The van der Waals surface area contributed by atoms with E-state index < -0.39 is 0 Å². The van der Waals surface area contributed by atoms with Crippen LogP contribution in [0.1, 0.15) is 6.92 Å². The fraction of sp³-hybridized carbons (Fsp3) is 0.263. The second kappa shape index (κ2) is 7.55. The largest absolute Gasteiger partial charge is 0.494 e. The number of nitrogens with zero attached hydrogens (tertiary/aromatic N) is 2. The molecular formula is C19H19N3O2S2. The molecule has 5 nitrogen and oxygen atoms in total. The maximum atomic E-state index is 12.5. The zero-order valence-corrected chi connectivity index (χ0v) is 16.0. The monoisotopic (exact) mass is 385 g/mol. The number of thiazole rings is 1. The summed E-state index contributed by atoms with van der Waals surface area (Å²) in [5.74, 6) is 1.77. The number of rotatable bonds is 5. The number of thioether (sulfide) groups is 1. The number of fused-ring (bicyclic) bond motifs is 2. The summed E-state index contributed by atoms with van der Waals surface area (Å²) in [6, 6.07) is 14.0. The molecule has 3 aromatic rings. The number of aromatic nitrogens is 1. The molecule has 0 fully saturated rings. The van der Waals surface area contributed by atoms with E-state index in [1.54, 1.807) is 0 Å². The predicted molar refractivity (Wildman–Crippen MR) is 109 cm³/mol. The number of anilines is 2. The van der Waals surface area contributed by atoms with Gasteiger partial charge in [0, 0.05) is 17.2 Å². The smallest absolute Gasteiger partial charge is 0.245 e. The molecule has 2 aromatic carbocycles. The average Bonchev–Trinajstić information content (AvgIpc) is 3.03. The lowest BCUT2D eigenvalue weighted by atomic mass is 10.2. The van der Waals surface area contributed by atoms with Crippen molar-refractivity contribution in [3.05, 3.63) is 42.5 Å². The lowest BCUT2D eigenvalue weighted by Gasteiger charge is -2.29. The number of carbonyl (C=O) groups excluding carboxylic acids is 1. The van der Waals surface area contributed by atoms with Gasteiger partial charge in [-0.15, -0.1) is 11.8 Å². The van der Waals surface area contributed by atoms with Crippen molar-refractivity contribution in [2.75, 3.05) is 35.7 Å². The van der Waals surface area contributed by atoms with Crippen LogP contribution in [-0.4, -0.2) is 36.3 Å². The molecule has 1 aliphatic rings. The summed E-state index contributed by atoms with van der Waals surface area (Å²) in [7, 11) is 0. The van der Waals surface area contributed by atoms with E-state index >= 15 is 0 Å². The van der Waals surface area contributed by atoms with E-state index in [0.29, 0.717) is 18.3 Å². The zero-order valence-electron chi connectivity index (χ0n) is 14.4. The summed E-state index contributed by atoms with van der Waals surface area (Å²) in [5, 5.41) is 3.56. The summed E-state index contributed by atoms with van der Waals surface area (Å²) in [5.41, 5.74) is 2.00. The van der Waals surface area contributed by atoms with Crippen LogP contribution in [0.5, 0.6) is 5.75 Å². The number of ether oxygens (including phenoxy) is 1. The van der Waals surface area contributed by atoms with Crippen LogP contribution < -0.4 is 15.0 Å². The lowest BCUT2D eigenvalue weighted by Crippen LogP contribution is -2.36. The Morgan fingerprint density at radius 1 is 1.31 bits per heavy atom. The van der Waals surface area contributed by atoms with Gasteiger partial charge in [-0.05, 0) is 37.3 Å². The summed E-state index contributed by atoms with van der Waals surface area (Å²) < 4.78 is 6.53. The summed E-state index contributed by atoms with van der Waals surface area (Å²) >= 11 is 3.30. The normalized spacial score (nSPS) is 13.5. The summed E-state index contributed by atoms with van der Waals surface area (Å²) in [4.78, 5) is 20.4. The van der Waals surface area contributed by atoms with Crippen LogP contribution in [0.25, 0.3) is 10.2 Å². The van der Waals surface area contributed by atoms with Crippen molar-refractivity contribution in [1.82, 2.24) is 4.98 Å². The minimum atomic E-state index is -0.0456. The second-order valence-corrected chi connectivity index (χ2v) is 8.03. The van der Waals surface area contributed by atoms with Gasteiger partial charge in [-0.1, -0.05) is 23.5 Å². The molecule has 0 unspecified atom stereocenters. The van der Waals surface area contributed by atoms with Crippen molar-refractivity contribution in [2.24, 2.45) is 0 Å². The van der Waals surface area contributed by atoms with Gasteiger partial charge in [0.15, 0.2) is 5.13 Å². The molecule has 2 heterocycles. The zero-order chi connectivity index (χ0) is 17.9. The molecule has 4 rings (SSSR count). The molecule has 0 atom stereocenters. The topological polar surface area (TPSA) is 54.5 Å². The van der Waals surface area contributed by atoms with Crippen LogP contribution in [0.4, 0.5) is 10.8 Å². The molecule has 7 heteroatoms. The molecule has 134 valence electrons. The molecule has 26 heavy (non-hydrogen) atoms. The van der Waals surface area contributed by atoms with Gasteiger partial charge in [-0.2, -0.15) is 0 Å². The SMILES string of the molecule is CCOc1ccc2nc(NC(=O)CN3CCSc4ccccc43)sc2c1. The van der Waals surface area contributed by atoms with Crippen molar-refractivity contribution in [3.8, 4) is 5.75 Å². The molecule has 0 aliphatic carbocycles. The fourth-order valence-electron chi connectivity index (χ4n) is 2.94. The first kappa shape index (κ1) is 17.2. The summed E-state index contributed by atoms with van der Waals surface area (Å²) in [6.45, 7) is 3.79. The van der Waals surface area contributed by atoms with Crippen LogP contribution in [0.3, 0.4) is 0 Å². The Balaban J connectivity index is 1.46. The Bertz CT molecular complexity index is 941. The number of nitrogens with one attached hydrogen (secondary N) is 1. The van der Waals surface area contributed by atoms with Gasteiger partial charge >= 0.3 is 0 Å². The Morgan fingerprint density at radius 3 is 3.08 bits per heavy atom. The lowest BCUT2D eigenvalue weighted by molar-refractivity contribution is -0.115. The molecular weight excluding hydrogens is 366 g/mol. The number of amides is 1. The Kier molecular flexibility index (Phi) is 4.99. The minimum Gasteiger partial charge on any atom is -0.494 e. The third-order valence-electron chi connectivity index (χ3n) is 4.08. The molecule has 0 saturated carbocycles. The van der Waals surface area contributed by atoms with E-state index in [1.165, 1.54) is 16.2 Å². The molecule has 0 saturated heterocycles. The van der Waals surface area contributed by atoms with E-state index in [2.05, 4.69) is 27.3 Å². The quantitative estimate of drug-likeness (QED) is 0.712. The highest BCUT2D eigenvalue weighted by atomic mass is 32.2. The highest BCUT2D eigenvalue weighted by molar-refractivity contribution is 7.99. The highest BCUT2D eigenvalue weighted by Crippen LogP contribution is 2.34. The number of carbonyl (C=O) groups is 1. The number of benzene rings is 2. The van der Waals surface area contributed by atoms with Gasteiger partial charge in [0.05, 0.1) is 29.1 Å². The standard InChI is InChI=1S/C19H19N3O2S2/c1-2-24-13-7-8-14-17(11-13)26-19(20-14)21-18(23)12-22-9-10-25-16-6-4-3-5-15(16)22/h3-8,11H,2,9-10,12H2,1H3,(H,20,21,23). The highest BCUT2D eigenvalue weighted by Gasteiger charge is 2.19. The molecule has 1 aliphatic heterocycles. The van der Waals surface area contributed by atoms with E-state index in [4.69, 9.17) is 4.74 Å². The number of para-hydroxylation sites is 1. The Labute approximate surface area is 160 Å². The Morgan fingerprint density at radius 2 is 2.19 bits per heavy atom. The van der Waals surface area contributed by atoms with E-state index in [-0.39, 0.29) is 5.91 Å². The van der Waals surface area contributed by atoms with Gasteiger partial charge in [-0.3, -0.25) is 4.79 Å². The van der Waals surface area contributed by atoms with Crippen molar-refractivity contribution >= 4 is 50.0 Å². The van der Waals surface area contributed by atoms with E-state index in [9.17, 15) is 4.79 Å². The van der Waals surface area contributed by atoms with Crippen LogP contribution in [0, 0.1) is 0 Å². The third kappa shape index (κ3) is 3.64. The van der Waals surface area contributed by atoms with Crippen LogP contribution >= 0.6 is 23.1 Å². The van der Waals surface area contributed by atoms with Crippen LogP contribution in [-0.2, 0) is 4.79 Å². The van der Waals surface area contributed by atoms with Crippen molar-refractivity contribution in [1.29, 1.82) is 0 Å². The van der Waals surface area contributed by atoms with Gasteiger partial charge in [0.1, 0.15) is 5.75 Å². The summed E-state index contributed by atoms with van der Waals surface area (Å²) in [6.07, 6.45) is 0. The molecule has 1 N–H and O–H groups in total. The maximum Gasteiger partial charge on any atom is 0.245 e. The molecule has 0 radical (unpaired) electrons. The maximum absolute atomic E-state index is 12.5. The molecule has 0 spiro atoms. The van der Waals surface area contributed by atoms with E-state index in [1.807, 2.05) is 49.0 Å². The van der Waals surface area contributed by atoms with Gasteiger partial charge in [0.2, 0.25) is 5.91 Å². The van der Waals surface area contributed by atoms with Crippen LogP contribution in [0.15, 0.2) is 47.4 Å². The van der Waals surface area contributed by atoms with Crippen molar-refractivity contribution in [3.63, 3.8) is 0 Å². The first-order valence-corrected chi connectivity index (χ1v) is 10.3.